The predicted molar refractivity (Wildman–Crippen MR) is 62.2 cm³/mol. The minimum absolute atomic E-state index is 0.0638. The van der Waals surface area contributed by atoms with Crippen molar-refractivity contribution in [3.8, 4) is 0 Å². The smallest absolute Gasteiger partial charge is 0.159 e. The van der Waals surface area contributed by atoms with Crippen LogP contribution in [0.25, 0.3) is 0 Å². The molecule has 0 bridgehead atoms. The summed E-state index contributed by atoms with van der Waals surface area (Å²) in [6, 6.07) is 0. The number of Topliss-reactive ketones (excluding diaryl/α,β-unsaturated/α-hetero) is 1. The molecule has 0 unspecified atom stereocenters. The number of carbonyl (C=O) groups excluding carboxylic acids is 1. The molecule has 0 N–H and O–H groups in total. The van der Waals surface area contributed by atoms with Crippen LogP contribution in [0.5, 0.6) is 0 Å². The zero-order chi connectivity index (χ0) is 11.2. The first-order chi connectivity index (χ1) is 6.37. The predicted octanol–water partition coefficient (Wildman–Crippen LogP) is 3.68. The molecule has 0 atom stereocenters. The van der Waals surface area contributed by atoms with Crippen LogP contribution in [-0.2, 0) is 4.79 Å². The molecule has 1 heteroatoms. The van der Waals surface area contributed by atoms with Crippen molar-refractivity contribution < 1.29 is 4.79 Å². The highest BCUT2D eigenvalue weighted by molar-refractivity contribution is 5.95. The van der Waals surface area contributed by atoms with E-state index >= 15 is 0 Å². The highest BCUT2D eigenvalue weighted by Crippen LogP contribution is 2.20. The Morgan fingerprint density at radius 1 is 1.29 bits per heavy atom. The SMILES string of the molecule is C=C/C=C\C=C(/C)C(=O)CC(C)(C)C. The second-order valence-electron chi connectivity index (χ2n) is 4.63. The van der Waals surface area contributed by atoms with Gasteiger partial charge < -0.3 is 0 Å². The van der Waals surface area contributed by atoms with Gasteiger partial charge in [0, 0.05) is 6.42 Å². The van der Waals surface area contributed by atoms with Crippen LogP contribution in [0.15, 0.2) is 36.5 Å². The number of carbonyl (C=O) groups is 1. The van der Waals surface area contributed by atoms with Crippen molar-refractivity contribution in [1.82, 2.24) is 0 Å². The Kier molecular flexibility index (Phi) is 5.14. The van der Waals surface area contributed by atoms with Gasteiger partial charge in [-0.3, -0.25) is 4.79 Å². The summed E-state index contributed by atoms with van der Waals surface area (Å²) in [5.41, 5.74) is 0.868. The lowest BCUT2D eigenvalue weighted by molar-refractivity contribution is -0.117. The van der Waals surface area contributed by atoms with Crippen LogP contribution < -0.4 is 0 Å². The van der Waals surface area contributed by atoms with Crippen molar-refractivity contribution in [1.29, 1.82) is 0 Å². The third-order valence-corrected chi connectivity index (χ3v) is 1.72. The molecule has 0 saturated carbocycles. The van der Waals surface area contributed by atoms with E-state index in [4.69, 9.17) is 0 Å². The number of hydrogen-bond acceptors (Lipinski definition) is 1. The van der Waals surface area contributed by atoms with Crippen LogP contribution in [0.1, 0.15) is 34.1 Å². The third-order valence-electron chi connectivity index (χ3n) is 1.72. The topological polar surface area (TPSA) is 17.1 Å². The van der Waals surface area contributed by atoms with Crippen molar-refractivity contribution in [2.45, 2.75) is 34.1 Å². The Bertz CT molecular complexity index is 261. The minimum Gasteiger partial charge on any atom is -0.295 e. The van der Waals surface area contributed by atoms with Crippen molar-refractivity contribution >= 4 is 5.78 Å². The monoisotopic (exact) mass is 192 g/mol. The maximum absolute atomic E-state index is 11.6. The van der Waals surface area contributed by atoms with E-state index in [0.717, 1.165) is 5.57 Å². The molecule has 0 spiro atoms. The van der Waals surface area contributed by atoms with Gasteiger partial charge in [0.1, 0.15) is 0 Å². The Morgan fingerprint density at radius 3 is 2.29 bits per heavy atom. The molecule has 14 heavy (non-hydrogen) atoms. The molecule has 0 aliphatic heterocycles. The van der Waals surface area contributed by atoms with Gasteiger partial charge in [-0.05, 0) is 17.9 Å². The van der Waals surface area contributed by atoms with Gasteiger partial charge in [0.05, 0.1) is 0 Å². The number of rotatable bonds is 4. The summed E-state index contributed by atoms with van der Waals surface area (Å²) in [5.74, 6) is 0.214. The Labute approximate surface area is 87.2 Å². The van der Waals surface area contributed by atoms with E-state index in [1.54, 1.807) is 6.08 Å². The van der Waals surface area contributed by atoms with Crippen LogP contribution in [0.4, 0.5) is 0 Å². The molecular formula is C13H20O. The van der Waals surface area contributed by atoms with E-state index in [0.29, 0.717) is 6.42 Å². The van der Waals surface area contributed by atoms with Crippen molar-refractivity contribution in [2.75, 3.05) is 0 Å². The van der Waals surface area contributed by atoms with Gasteiger partial charge in [0.2, 0.25) is 0 Å². The summed E-state index contributed by atoms with van der Waals surface area (Å²) in [5, 5.41) is 0. The molecule has 0 fully saturated rings. The van der Waals surface area contributed by atoms with Crippen LogP contribution in [-0.4, -0.2) is 5.78 Å². The average molecular weight is 192 g/mol. The quantitative estimate of drug-likeness (QED) is 0.490. The molecule has 78 valence electrons. The van der Waals surface area contributed by atoms with Gasteiger partial charge in [-0.15, -0.1) is 0 Å². The molecular weight excluding hydrogens is 172 g/mol. The van der Waals surface area contributed by atoms with Gasteiger partial charge in [-0.25, -0.2) is 0 Å². The van der Waals surface area contributed by atoms with Crippen molar-refractivity contribution in [3.63, 3.8) is 0 Å². The van der Waals surface area contributed by atoms with E-state index in [1.807, 2.05) is 25.2 Å². The minimum atomic E-state index is 0.0638. The van der Waals surface area contributed by atoms with Gasteiger partial charge in [0.25, 0.3) is 0 Å². The molecule has 0 radical (unpaired) electrons. The van der Waals surface area contributed by atoms with E-state index in [-0.39, 0.29) is 11.2 Å². The molecule has 0 aromatic carbocycles. The van der Waals surface area contributed by atoms with Crippen LogP contribution in [0.2, 0.25) is 0 Å². The van der Waals surface area contributed by atoms with E-state index in [1.165, 1.54) is 0 Å². The summed E-state index contributed by atoms with van der Waals surface area (Å²) in [4.78, 5) is 11.6. The van der Waals surface area contributed by atoms with Crippen molar-refractivity contribution in [2.24, 2.45) is 5.41 Å². The molecule has 0 heterocycles. The first-order valence-electron chi connectivity index (χ1n) is 4.86. The first kappa shape index (κ1) is 12.9. The lowest BCUT2D eigenvalue weighted by atomic mass is 9.88. The maximum Gasteiger partial charge on any atom is 0.159 e. The fraction of sp³-hybridized carbons (Fsp3) is 0.462. The summed E-state index contributed by atoms with van der Waals surface area (Å²) in [6.45, 7) is 11.6. The van der Waals surface area contributed by atoms with Crippen LogP contribution in [0.3, 0.4) is 0 Å². The standard InChI is InChI=1S/C13H20O/c1-6-7-8-9-11(2)12(14)10-13(3,4)5/h6-9H,1,10H2,2-5H3/b8-7-,11-9+. The first-order valence-corrected chi connectivity index (χ1v) is 4.86. The number of allylic oxidation sites excluding steroid dienone is 5. The fourth-order valence-corrected chi connectivity index (χ4v) is 0.992. The van der Waals surface area contributed by atoms with E-state index in [2.05, 4.69) is 27.4 Å². The summed E-state index contributed by atoms with van der Waals surface area (Å²) in [6.07, 6.45) is 7.77. The lowest BCUT2D eigenvalue weighted by Gasteiger charge is -2.16. The van der Waals surface area contributed by atoms with Gasteiger partial charge >= 0.3 is 0 Å². The Hall–Kier alpha value is -1.11. The zero-order valence-corrected chi connectivity index (χ0v) is 9.63. The molecule has 0 aromatic rings. The summed E-state index contributed by atoms with van der Waals surface area (Å²) in [7, 11) is 0. The normalized spacial score (nSPS) is 13.3. The number of hydrogen-bond donors (Lipinski definition) is 0. The second kappa shape index (κ2) is 5.58. The average Bonchev–Trinajstić information content (AvgIpc) is 2.01. The van der Waals surface area contributed by atoms with Crippen LogP contribution >= 0.6 is 0 Å². The Balaban J connectivity index is 4.32. The van der Waals surface area contributed by atoms with E-state index in [9.17, 15) is 4.79 Å². The third kappa shape index (κ3) is 6.41. The highest BCUT2D eigenvalue weighted by atomic mass is 16.1. The highest BCUT2D eigenvalue weighted by Gasteiger charge is 2.16. The number of ketones is 1. The molecule has 0 aromatic heterocycles. The fourth-order valence-electron chi connectivity index (χ4n) is 0.992. The molecule has 1 nitrogen and oxygen atoms in total. The summed E-state index contributed by atoms with van der Waals surface area (Å²) >= 11 is 0. The molecule has 0 amide bonds. The van der Waals surface area contributed by atoms with Gasteiger partial charge in [-0.2, -0.15) is 0 Å². The molecule has 0 rings (SSSR count). The van der Waals surface area contributed by atoms with E-state index < -0.39 is 0 Å². The van der Waals surface area contributed by atoms with Crippen LogP contribution in [0, 0.1) is 5.41 Å². The van der Waals surface area contributed by atoms with Gasteiger partial charge in [-0.1, -0.05) is 51.7 Å². The molecule has 0 aliphatic carbocycles. The summed E-state index contributed by atoms with van der Waals surface area (Å²) < 4.78 is 0. The zero-order valence-electron chi connectivity index (χ0n) is 9.63. The lowest BCUT2D eigenvalue weighted by Crippen LogP contribution is -2.13. The van der Waals surface area contributed by atoms with Crippen molar-refractivity contribution in [3.05, 3.63) is 36.5 Å². The molecule has 0 saturated heterocycles. The Morgan fingerprint density at radius 2 is 1.86 bits per heavy atom. The molecule has 0 aliphatic rings. The second-order valence-corrected chi connectivity index (χ2v) is 4.63. The van der Waals surface area contributed by atoms with Gasteiger partial charge in [0.15, 0.2) is 5.78 Å². The maximum atomic E-state index is 11.6. The largest absolute Gasteiger partial charge is 0.295 e.